The van der Waals surface area contributed by atoms with Crippen LogP contribution in [-0.2, 0) is 6.54 Å². The zero-order chi connectivity index (χ0) is 16.2. The number of aryl methyl sites for hydroxylation is 2. The number of amides is 1. The number of nitrogens with one attached hydrogen (secondary N) is 1. The van der Waals surface area contributed by atoms with Crippen molar-refractivity contribution < 1.29 is 4.79 Å². The van der Waals surface area contributed by atoms with Crippen molar-refractivity contribution in [3.63, 3.8) is 0 Å². The number of nitrogens with zero attached hydrogens (tertiary/aromatic N) is 3. The largest absolute Gasteiger partial charge is 0.354 e. The second kappa shape index (κ2) is 6.81. The molecule has 1 amide bonds. The predicted octanol–water partition coefficient (Wildman–Crippen LogP) is 1.96. The van der Waals surface area contributed by atoms with Crippen molar-refractivity contribution in [2.24, 2.45) is 0 Å². The van der Waals surface area contributed by atoms with Crippen LogP contribution in [0.25, 0.3) is 0 Å². The maximum atomic E-state index is 12.8. The molecule has 0 unspecified atom stereocenters. The first-order valence-corrected chi connectivity index (χ1v) is 8.11. The number of imidazole rings is 1. The smallest absolute Gasteiger partial charge is 0.270 e. The first kappa shape index (κ1) is 15.5. The molecule has 0 bridgehead atoms. The highest BCUT2D eigenvalue weighted by Crippen LogP contribution is 2.22. The van der Waals surface area contributed by atoms with Crippen LogP contribution in [0.5, 0.6) is 0 Å². The van der Waals surface area contributed by atoms with Crippen molar-refractivity contribution in [1.82, 2.24) is 19.4 Å². The van der Waals surface area contributed by atoms with Gasteiger partial charge in [0.25, 0.3) is 5.91 Å². The number of hydrogen-bond donors (Lipinski definition) is 1. The quantitative estimate of drug-likeness (QED) is 0.938. The maximum Gasteiger partial charge on any atom is 0.270 e. The predicted molar refractivity (Wildman–Crippen MR) is 87.3 cm³/mol. The maximum absolute atomic E-state index is 12.8. The molecule has 6 heteroatoms. The van der Waals surface area contributed by atoms with E-state index < -0.39 is 0 Å². The normalized spacial score (nSPS) is 18.1. The number of piperidine rings is 1. The number of rotatable bonds is 4. The lowest BCUT2D eigenvalue weighted by Gasteiger charge is -2.36. The first-order chi connectivity index (χ1) is 11.1. The van der Waals surface area contributed by atoms with Gasteiger partial charge in [-0.2, -0.15) is 0 Å². The van der Waals surface area contributed by atoms with E-state index in [4.69, 9.17) is 0 Å². The monoisotopic (exact) mass is 314 g/mol. The summed E-state index contributed by atoms with van der Waals surface area (Å²) in [7, 11) is 0. The fourth-order valence-electron chi connectivity index (χ4n) is 3.24. The van der Waals surface area contributed by atoms with Gasteiger partial charge in [0, 0.05) is 49.4 Å². The number of aromatic nitrogens is 3. The van der Waals surface area contributed by atoms with Crippen molar-refractivity contribution in [3.05, 3.63) is 52.5 Å². The lowest BCUT2D eigenvalue weighted by molar-refractivity contribution is 0.0589. The number of carbonyl (C=O) groups excluding carboxylic acids is 1. The number of H-pyrrole nitrogens is 1. The van der Waals surface area contributed by atoms with Gasteiger partial charge in [-0.05, 0) is 32.6 Å². The average molecular weight is 314 g/mol. The van der Waals surface area contributed by atoms with Gasteiger partial charge in [0.1, 0.15) is 5.69 Å². The van der Waals surface area contributed by atoms with Crippen LogP contribution in [0.4, 0.5) is 0 Å². The molecule has 1 N–H and O–H groups in total. The van der Waals surface area contributed by atoms with Crippen molar-refractivity contribution >= 4 is 5.91 Å². The molecule has 2 aromatic heterocycles. The summed E-state index contributed by atoms with van der Waals surface area (Å²) in [4.78, 5) is 33.5. The van der Waals surface area contributed by atoms with Gasteiger partial charge in [-0.15, -0.1) is 0 Å². The molecule has 1 aliphatic rings. The number of hydrogen-bond acceptors (Lipinski definition) is 3. The Balaban J connectivity index is 1.74. The minimum atomic E-state index is -0.128. The summed E-state index contributed by atoms with van der Waals surface area (Å²) in [5.74, 6) is -0.0684. The van der Waals surface area contributed by atoms with Crippen LogP contribution in [0.2, 0.25) is 0 Å². The Kier molecular flexibility index (Phi) is 4.60. The van der Waals surface area contributed by atoms with Crippen molar-refractivity contribution in [2.75, 3.05) is 6.54 Å². The molecule has 0 radical (unpaired) electrons. The molecule has 3 heterocycles. The van der Waals surface area contributed by atoms with E-state index in [0.717, 1.165) is 38.8 Å². The van der Waals surface area contributed by atoms with Crippen molar-refractivity contribution in [3.8, 4) is 0 Å². The zero-order valence-electron chi connectivity index (χ0n) is 13.4. The summed E-state index contributed by atoms with van der Waals surface area (Å²) in [6.07, 6.45) is 9.57. The van der Waals surface area contributed by atoms with Gasteiger partial charge in [-0.25, -0.2) is 4.98 Å². The highest BCUT2D eigenvalue weighted by Gasteiger charge is 2.27. The molecule has 23 heavy (non-hydrogen) atoms. The Morgan fingerprint density at radius 2 is 2.26 bits per heavy atom. The molecular weight excluding hydrogens is 292 g/mol. The van der Waals surface area contributed by atoms with Crippen LogP contribution < -0.4 is 5.43 Å². The third kappa shape index (κ3) is 3.70. The fraction of sp³-hybridized carbons (Fsp3) is 0.471. The summed E-state index contributed by atoms with van der Waals surface area (Å²) >= 11 is 0. The summed E-state index contributed by atoms with van der Waals surface area (Å²) in [5.41, 5.74) is 0.980. The molecule has 0 aromatic carbocycles. The SMILES string of the molecule is Cc1cc(=O)cc(C(=O)N2CCCC[C@H]2CCn2ccnc2)[nH]1. The number of carbonyl (C=O) groups is 1. The molecule has 1 saturated heterocycles. The van der Waals surface area contributed by atoms with Crippen LogP contribution >= 0.6 is 0 Å². The van der Waals surface area contributed by atoms with Crippen molar-refractivity contribution in [1.29, 1.82) is 0 Å². The van der Waals surface area contributed by atoms with Crippen LogP contribution in [0.1, 0.15) is 41.9 Å². The molecular formula is C17H22N4O2. The molecule has 0 spiro atoms. The van der Waals surface area contributed by atoms with E-state index in [9.17, 15) is 9.59 Å². The highest BCUT2D eigenvalue weighted by atomic mass is 16.2. The first-order valence-electron chi connectivity index (χ1n) is 8.11. The summed E-state index contributed by atoms with van der Waals surface area (Å²) in [6, 6.07) is 3.11. The second-order valence-corrected chi connectivity index (χ2v) is 6.15. The number of aromatic amines is 1. The Labute approximate surface area is 135 Å². The van der Waals surface area contributed by atoms with Gasteiger partial charge in [-0.3, -0.25) is 9.59 Å². The minimum Gasteiger partial charge on any atom is -0.354 e. The number of likely N-dealkylation sites (tertiary alicyclic amines) is 1. The third-order valence-electron chi connectivity index (χ3n) is 4.38. The minimum absolute atomic E-state index is 0.0684. The van der Waals surface area contributed by atoms with E-state index >= 15 is 0 Å². The summed E-state index contributed by atoms with van der Waals surface area (Å²) < 4.78 is 2.03. The van der Waals surface area contributed by atoms with E-state index in [1.807, 2.05) is 15.7 Å². The van der Waals surface area contributed by atoms with Crippen LogP contribution in [0.3, 0.4) is 0 Å². The van der Waals surface area contributed by atoms with Gasteiger partial charge >= 0.3 is 0 Å². The molecule has 1 fully saturated rings. The van der Waals surface area contributed by atoms with Gasteiger partial charge in [0.05, 0.1) is 6.33 Å². The average Bonchev–Trinajstić information content (AvgIpc) is 3.05. The van der Waals surface area contributed by atoms with E-state index in [-0.39, 0.29) is 17.4 Å². The molecule has 1 aliphatic heterocycles. The Hall–Kier alpha value is -2.37. The van der Waals surface area contributed by atoms with E-state index in [1.165, 1.54) is 12.1 Å². The van der Waals surface area contributed by atoms with Gasteiger partial charge in [0.15, 0.2) is 5.43 Å². The molecule has 122 valence electrons. The van der Waals surface area contributed by atoms with Crippen LogP contribution in [0, 0.1) is 6.92 Å². The Bertz CT molecular complexity index is 720. The molecule has 0 aliphatic carbocycles. The second-order valence-electron chi connectivity index (χ2n) is 6.15. The standard InChI is InChI=1S/C17H22N4O2/c1-13-10-15(22)11-16(19-13)17(23)21-7-3-2-4-14(21)5-8-20-9-6-18-12-20/h6,9-12,14H,2-5,7-8H2,1H3,(H,19,22)/t14-/m0/s1. The van der Waals surface area contributed by atoms with Gasteiger partial charge in [-0.1, -0.05) is 0 Å². The lowest BCUT2D eigenvalue weighted by Crippen LogP contribution is -2.44. The molecule has 2 aromatic rings. The molecule has 0 saturated carbocycles. The Morgan fingerprint density at radius 1 is 1.39 bits per heavy atom. The molecule has 3 rings (SSSR count). The topological polar surface area (TPSA) is 71.0 Å². The van der Waals surface area contributed by atoms with E-state index in [1.54, 1.807) is 19.4 Å². The van der Waals surface area contributed by atoms with Crippen molar-refractivity contribution in [2.45, 2.75) is 45.2 Å². The fourth-order valence-corrected chi connectivity index (χ4v) is 3.24. The van der Waals surface area contributed by atoms with Gasteiger partial charge < -0.3 is 14.5 Å². The highest BCUT2D eigenvalue weighted by molar-refractivity contribution is 5.92. The molecule has 6 nitrogen and oxygen atoms in total. The zero-order valence-corrected chi connectivity index (χ0v) is 13.4. The number of pyridine rings is 1. The molecule has 1 atom stereocenters. The lowest BCUT2D eigenvalue weighted by atomic mass is 9.98. The van der Waals surface area contributed by atoms with Crippen LogP contribution in [0.15, 0.2) is 35.6 Å². The summed E-state index contributed by atoms with van der Waals surface area (Å²) in [6.45, 7) is 3.40. The van der Waals surface area contributed by atoms with E-state index in [0.29, 0.717) is 11.4 Å². The summed E-state index contributed by atoms with van der Waals surface area (Å²) in [5, 5.41) is 0. The van der Waals surface area contributed by atoms with Crippen LogP contribution in [-0.4, -0.2) is 37.9 Å². The Morgan fingerprint density at radius 3 is 3.00 bits per heavy atom. The third-order valence-corrected chi connectivity index (χ3v) is 4.38. The van der Waals surface area contributed by atoms with E-state index in [2.05, 4.69) is 9.97 Å². The van der Waals surface area contributed by atoms with Gasteiger partial charge in [0.2, 0.25) is 0 Å².